The largest absolute Gasteiger partial charge is 0.441 e. The van der Waals surface area contributed by atoms with Crippen LogP contribution in [0.3, 0.4) is 0 Å². The van der Waals surface area contributed by atoms with E-state index in [2.05, 4.69) is 4.90 Å². The number of aliphatic hydroxyl groups is 1. The molecular formula is C10H16F3NOS. The first kappa shape index (κ1) is 12.5. The second-order valence-corrected chi connectivity index (χ2v) is 5.70. The summed E-state index contributed by atoms with van der Waals surface area (Å²) < 4.78 is 36.0. The van der Waals surface area contributed by atoms with Crippen LogP contribution in [0.2, 0.25) is 0 Å². The Labute approximate surface area is 97.2 Å². The lowest BCUT2D eigenvalue weighted by atomic mass is 10.0. The highest BCUT2D eigenvalue weighted by atomic mass is 32.2. The predicted octanol–water partition coefficient (Wildman–Crippen LogP) is 2.23. The van der Waals surface area contributed by atoms with E-state index in [1.54, 1.807) is 0 Å². The molecule has 2 atom stereocenters. The van der Waals surface area contributed by atoms with Crippen LogP contribution in [-0.4, -0.2) is 46.0 Å². The number of hydrogen-bond acceptors (Lipinski definition) is 3. The van der Waals surface area contributed by atoms with Gasteiger partial charge < -0.3 is 5.11 Å². The van der Waals surface area contributed by atoms with E-state index < -0.39 is 5.51 Å². The van der Waals surface area contributed by atoms with Gasteiger partial charge in [-0.25, -0.2) is 0 Å². The molecule has 0 radical (unpaired) electrons. The van der Waals surface area contributed by atoms with Crippen LogP contribution in [0.5, 0.6) is 0 Å². The Bertz CT molecular complexity index is 235. The smallest absolute Gasteiger partial charge is 0.393 e. The van der Waals surface area contributed by atoms with Gasteiger partial charge in [0.25, 0.3) is 0 Å². The molecule has 0 aromatic heterocycles. The van der Waals surface area contributed by atoms with Crippen LogP contribution in [0.25, 0.3) is 0 Å². The summed E-state index contributed by atoms with van der Waals surface area (Å²) in [6.07, 6.45) is 3.26. The van der Waals surface area contributed by atoms with Gasteiger partial charge in [-0.2, -0.15) is 13.2 Å². The van der Waals surface area contributed by atoms with E-state index in [0.29, 0.717) is 18.6 Å². The highest BCUT2D eigenvalue weighted by molar-refractivity contribution is 8.00. The fraction of sp³-hybridized carbons (Fsp3) is 1.00. The first-order valence-corrected chi connectivity index (χ1v) is 6.59. The highest BCUT2D eigenvalue weighted by Gasteiger charge is 2.40. The number of fused-ring (bicyclic) bond motifs is 2. The molecule has 16 heavy (non-hydrogen) atoms. The normalized spacial score (nSPS) is 35.6. The molecule has 2 aliphatic heterocycles. The maximum Gasteiger partial charge on any atom is 0.441 e. The van der Waals surface area contributed by atoms with Gasteiger partial charge >= 0.3 is 5.51 Å². The summed E-state index contributed by atoms with van der Waals surface area (Å²) in [6.45, 7) is 0.492. The molecule has 0 spiro atoms. The minimum Gasteiger partial charge on any atom is -0.393 e. The monoisotopic (exact) mass is 255 g/mol. The summed E-state index contributed by atoms with van der Waals surface area (Å²) in [4.78, 5) is 2.16. The fourth-order valence-electron chi connectivity index (χ4n) is 2.88. The molecule has 0 aliphatic carbocycles. The van der Waals surface area contributed by atoms with Crippen molar-refractivity contribution in [3.8, 4) is 0 Å². The van der Waals surface area contributed by atoms with Crippen molar-refractivity contribution in [1.82, 2.24) is 4.90 Å². The summed E-state index contributed by atoms with van der Waals surface area (Å²) in [5.41, 5.74) is -4.12. The van der Waals surface area contributed by atoms with E-state index in [1.807, 2.05) is 0 Å². The Balaban J connectivity index is 1.79. The molecule has 2 rings (SSSR count). The zero-order valence-electron chi connectivity index (χ0n) is 8.91. The van der Waals surface area contributed by atoms with E-state index in [9.17, 15) is 18.3 Å². The van der Waals surface area contributed by atoms with Crippen molar-refractivity contribution in [2.45, 2.75) is 49.4 Å². The molecule has 2 bridgehead atoms. The van der Waals surface area contributed by atoms with E-state index in [0.717, 1.165) is 25.7 Å². The van der Waals surface area contributed by atoms with Crippen LogP contribution >= 0.6 is 11.8 Å². The van der Waals surface area contributed by atoms with Crippen molar-refractivity contribution in [3.63, 3.8) is 0 Å². The molecule has 0 saturated carbocycles. The van der Waals surface area contributed by atoms with Gasteiger partial charge in [-0.3, -0.25) is 4.90 Å². The van der Waals surface area contributed by atoms with Crippen molar-refractivity contribution < 1.29 is 18.3 Å². The lowest BCUT2D eigenvalue weighted by molar-refractivity contribution is -0.0331. The zero-order valence-corrected chi connectivity index (χ0v) is 9.73. The average molecular weight is 255 g/mol. The van der Waals surface area contributed by atoms with E-state index in [-0.39, 0.29) is 23.6 Å². The molecule has 0 amide bonds. The lowest BCUT2D eigenvalue weighted by Crippen LogP contribution is -2.45. The second-order valence-electron chi connectivity index (χ2n) is 4.54. The summed E-state index contributed by atoms with van der Waals surface area (Å²) >= 11 is 0.0557. The average Bonchev–Trinajstić information content (AvgIpc) is 2.41. The van der Waals surface area contributed by atoms with Gasteiger partial charge in [0.15, 0.2) is 0 Å². The molecular weight excluding hydrogens is 239 g/mol. The summed E-state index contributed by atoms with van der Waals surface area (Å²) in [5.74, 6) is 0.104. The Kier molecular flexibility index (Phi) is 3.71. The second kappa shape index (κ2) is 4.74. The molecule has 6 heteroatoms. The number of thioether (sulfide) groups is 1. The molecule has 0 aromatic rings. The van der Waals surface area contributed by atoms with Crippen molar-refractivity contribution in [2.24, 2.45) is 0 Å². The van der Waals surface area contributed by atoms with Gasteiger partial charge in [0.2, 0.25) is 0 Å². The standard InChI is InChI=1S/C10H16F3NOS/c11-10(12,13)16-4-3-14-7-1-2-8(14)6-9(15)5-7/h7-9,15H,1-6H2. The van der Waals surface area contributed by atoms with Crippen LogP contribution in [-0.2, 0) is 0 Å². The minimum absolute atomic E-state index is 0.0557. The molecule has 2 nitrogen and oxygen atoms in total. The molecule has 1 N–H and O–H groups in total. The van der Waals surface area contributed by atoms with E-state index in [4.69, 9.17) is 0 Å². The number of alkyl halides is 3. The third kappa shape index (κ3) is 3.05. The van der Waals surface area contributed by atoms with Crippen LogP contribution in [0.4, 0.5) is 13.2 Å². The molecule has 2 unspecified atom stereocenters. The Hall–Kier alpha value is 0.0600. The number of halogens is 3. The SMILES string of the molecule is OC1CC2CCC(C1)N2CCSC(F)(F)F. The fourth-order valence-corrected chi connectivity index (χ4v) is 3.41. The van der Waals surface area contributed by atoms with Crippen LogP contribution in [0.15, 0.2) is 0 Å². The number of rotatable bonds is 3. The van der Waals surface area contributed by atoms with Gasteiger partial charge in [-0.05, 0) is 37.4 Å². The van der Waals surface area contributed by atoms with E-state index >= 15 is 0 Å². The Morgan fingerprint density at radius 3 is 2.25 bits per heavy atom. The molecule has 2 fully saturated rings. The maximum absolute atomic E-state index is 12.0. The van der Waals surface area contributed by atoms with Gasteiger partial charge in [0.05, 0.1) is 6.10 Å². The predicted molar refractivity (Wildman–Crippen MR) is 57.3 cm³/mol. The van der Waals surface area contributed by atoms with Gasteiger partial charge in [0.1, 0.15) is 0 Å². The minimum atomic E-state index is -4.12. The first-order chi connectivity index (χ1) is 7.46. The molecule has 94 valence electrons. The maximum atomic E-state index is 12.0. The van der Waals surface area contributed by atoms with E-state index in [1.165, 1.54) is 0 Å². The molecule has 0 aromatic carbocycles. The molecule has 2 aliphatic rings. The summed E-state index contributed by atoms with van der Waals surface area (Å²) in [6, 6.07) is 0.616. The van der Waals surface area contributed by atoms with Gasteiger partial charge in [-0.15, -0.1) is 0 Å². The number of nitrogens with zero attached hydrogens (tertiary/aromatic N) is 1. The third-order valence-electron chi connectivity index (χ3n) is 3.47. The van der Waals surface area contributed by atoms with Crippen LogP contribution in [0, 0.1) is 0 Å². The molecule has 2 saturated heterocycles. The first-order valence-electron chi connectivity index (χ1n) is 5.60. The summed E-state index contributed by atoms with van der Waals surface area (Å²) in [7, 11) is 0. The van der Waals surface area contributed by atoms with Crippen LogP contribution in [0.1, 0.15) is 25.7 Å². The third-order valence-corrected chi connectivity index (χ3v) is 4.19. The Morgan fingerprint density at radius 1 is 1.19 bits per heavy atom. The van der Waals surface area contributed by atoms with Crippen molar-refractivity contribution in [3.05, 3.63) is 0 Å². The lowest BCUT2D eigenvalue weighted by Gasteiger charge is -2.37. The highest BCUT2D eigenvalue weighted by Crippen LogP contribution is 2.37. The molecule has 2 heterocycles. The zero-order chi connectivity index (χ0) is 11.8. The van der Waals surface area contributed by atoms with Gasteiger partial charge in [0, 0.05) is 24.4 Å². The van der Waals surface area contributed by atoms with Crippen LogP contribution < -0.4 is 0 Å². The van der Waals surface area contributed by atoms with Crippen molar-refractivity contribution >= 4 is 11.8 Å². The Morgan fingerprint density at radius 2 is 1.75 bits per heavy atom. The number of hydrogen-bond donors (Lipinski definition) is 1. The van der Waals surface area contributed by atoms with Crippen molar-refractivity contribution in [1.29, 1.82) is 0 Å². The van der Waals surface area contributed by atoms with Gasteiger partial charge in [-0.1, -0.05) is 0 Å². The topological polar surface area (TPSA) is 23.5 Å². The number of piperidine rings is 1. The quantitative estimate of drug-likeness (QED) is 0.836. The summed E-state index contributed by atoms with van der Waals surface area (Å²) in [5, 5.41) is 9.55. The number of aliphatic hydroxyl groups excluding tert-OH is 1. The van der Waals surface area contributed by atoms with Crippen molar-refractivity contribution in [2.75, 3.05) is 12.3 Å².